The normalized spacial score (nSPS) is 15.3. The van der Waals surface area contributed by atoms with Crippen molar-refractivity contribution in [1.29, 1.82) is 0 Å². The highest BCUT2D eigenvalue weighted by molar-refractivity contribution is 8.31. The van der Waals surface area contributed by atoms with Gasteiger partial charge in [0.1, 0.15) is 16.4 Å². The van der Waals surface area contributed by atoms with Crippen LogP contribution in [0.1, 0.15) is 71.6 Å². The first kappa shape index (κ1) is 25.4. The minimum absolute atomic E-state index is 0.0116. The highest BCUT2D eigenvalue weighted by Gasteiger charge is 2.48. The zero-order valence-corrected chi connectivity index (χ0v) is 19.9. The summed E-state index contributed by atoms with van der Waals surface area (Å²) in [4.78, 5) is 2.41. The first-order valence-corrected chi connectivity index (χ1v) is 13.9. The van der Waals surface area contributed by atoms with E-state index >= 15 is 0 Å². The Bertz CT molecular complexity index is 993. The van der Waals surface area contributed by atoms with Crippen molar-refractivity contribution in [2.45, 2.75) is 81.8 Å². The second-order valence-corrected chi connectivity index (χ2v) is 11.9. The van der Waals surface area contributed by atoms with Crippen LogP contribution in [0.4, 0.5) is 0 Å². The number of ether oxygens (including phenoxy) is 2. The van der Waals surface area contributed by atoms with Crippen LogP contribution in [0.15, 0.2) is 23.1 Å². The highest BCUT2D eigenvalue weighted by Crippen LogP contribution is 2.33. The molecule has 1 aliphatic rings. The lowest BCUT2D eigenvalue weighted by molar-refractivity contribution is 0.00368. The summed E-state index contributed by atoms with van der Waals surface area (Å²) in [6.45, 7) is 4.73. The van der Waals surface area contributed by atoms with E-state index in [1.54, 1.807) is 0 Å². The van der Waals surface area contributed by atoms with Gasteiger partial charge in [-0.1, -0.05) is 46.0 Å². The first-order valence-electron chi connectivity index (χ1n) is 10.9. The van der Waals surface area contributed by atoms with Crippen molar-refractivity contribution in [3.05, 3.63) is 23.7 Å². The maximum Gasteiger partial charge on any atom is 0.500 e. The molecule has 0 atom stereocenters. The second kappa shape index (κ2) is 11.6. The Labute approximate surface area is 185 Å². The fourth-order valence-corrected chi connectivity index (χ4v) is 7.63. The average molecular weight is 473 g/mol. The summed E-state index contributed by atoms with van der Waals surface area (Å²) in [6.07, 6.45) is 6.31. The van der Waals surface area contributed by atoms with Gasteiger partial charge in [0, 0.05) is 6.07 Å². The van der Waals surface area contributed by atoms with Crippen LogP contribution < -0.4 is 9.47 Å². The lowest BCUT2D eigenvalue weighted by Gasteiger charge is -2.19. The summed E-state index contributed by atoms with van der Waals surface area (Å²) >= 11 is 0. The molecule has 1 fully saturated rings. The molecule has 1 saturated carbocycles. The van der Waals surface area contributed by atoms with Gasteiger partial charge in [-0.15, -0.1) is 4.79 Å². The van der Waals surface area contributed by atoms with Gasteiger partial charge in [-0.05, 0) is 37.8 Å². The Morgan fingerprint density at radius 2 is 1.61 bits per heavy atom. The molecule has 0 spiro atoms. The largest absolute Gasteiger partial charge is 0.500 e. The zero-order chi connectivity index (χ0) is 22.9. The van der Waals surface area contributed by atoms with Gasteiger partial charge in [0.05, 0.1) is 18.5 Å². The van der Waals surface area contributed by atoms with Crippen LogP contribution in [-0.4, -0.2) is 44.5 Å². The van der Waals surface area contributed by atoms with Gasteiger partial charge < -0.3 is 15.0 Å². The number of benzene rings is 1. The Kier molecular flexibility index (Phi) is 9.53. The van der Waals surface area contributed by atoms with Crippen LogP contribution >= 0.6 is 0 Å². The molecule has 0 aliphatic heterocycles. The Morgan fingerprint density at radius 3 is 2.19 bits per heavy atom. The molecule has 0 aromatic heterocycles. The summed E-state index contributed by atoms with van der Waals surface area (Å²) in [5, 5.41) is -0.872. The van der Waals surface area contributed by atoms with Gasteiger partial charge >= 0.3 is 4.38 Å². The third-order valence-electron chi connectivity index (χ3n) is 5.27. The molecule has 8 nitrogen and oxygen atoms in total. The van der Waals surface area contributed by atoms with Gasteiger partial charge in [-0.25, -0.2) is 16.8 Å². The molecule has 174 valence electrons. The third-order valence-corrected chi connectivity index (χ3v) is 10.0. The number of unbranched alkanes of at least 4 members (excludes halogenated alkanes) is 2. The second-order valence-electron chi connectivity index (χ2n) is 7.69. The van der Waals surface area contributed by atoms with Crippen LogP contribution in [0, 0.1) is 0 Å². The molecule has 0 unspecified atom stereocenters. The van der Waals surface area contributed by atoms with Crippen LogP contribution in [-0.2, 0) is 19.7 Å². The minimum atomic E-state index is -4.64. The number of hydrogen-bond acceptors (Lipinski definition) is 6. The Morgan fingerprint density at radius 1 is 1.00 bits per heavy atom. The summed E-state index contributed by atoms with van der Waals surface area (Å²) < 4.78 is 62.7. The summed E-state index contributed by atoms with van der Waals surface area (Å²) in [5.74, 6) is 0.416. The number of nitrogens with zero attached hydrogens (tertiary/aromatic N) is 2. The van der Waals surface area contributed by atoms with Crippen LogP contribution in [0.25, 0.3) is 5.53 Å². The summed E-state index contributed by atoms with van der Waals surface area (Å²) in [6, 6.07) is 4.15. The maximum absolute atomic E-state index is 13.3. The average Bonchev–Trinajstić information content (AvgIpc) is 2.75. The molecule has 1 aliphatic carbocycles. The number of sulfone groups is 2. The smallest absolute Gasteiger partial charge is 0.493 e. The number of hydrogen-bond donors (Lipinski definition) is 0. The van der Waals surface area contributed by atoms with E-state index in [1.807, 2.05) is 13.8 Å². The molecule has 31 heavy (non-hydrogen) atoms. The van der Waals surface area contributed by atoms with Gasteiger partial charge in [0.25, 0.3) is 19.7 Å². The van der Waals surface area contributed by atoms with Crippen molar-refractivity contribution in [3.63, 3.8) is 0 Å². The van der Waals surface area contributed by atoms with E-state index in [0.29, 0.717) is 44.5 Å². The molecule has 1 aromatic rings. The summed E-state index contributed by atoms with van der Waals surface area (Å²) in [7, 11) is -8.96. The molecule has 2 rings (SSSR count). The van der Waals surface area contributed by atoms with Crippen LogP contribution in [0.3, 0.4) is 0 Å². The lowest BCUT2D eigenvalue weighted by atomic mass is 10.0. The van der Waals surface area contributed by atoms with Gasteiger partial charge in [0.15, 0.2) is 0 Å². The maximum atomic E-state index is 13.3. The molecule has 0 N–H and O–H groups in total. The van der Waals surface area contributed by atoms with Crippen LogP contribution in [0.2, 0.25) is 0 Å². The van der Waals surface area contributed by atoms with Crippen molar-refractivity contribution in [1.82, 2.24) is 0 Å². The van der Waals surface area contributed by atoms with Crippen molar-refractivity contribution >= 4 is 24.1 Å². The predicted molar refractivity (Wildman–Crippen MR) is 119 cm³/mol. The van der Waals surface area contributed by atoms with Crippen molar-refractivity contribution in [3.8, 4) is 11.5 Å². The molecule has 1 aromatic carbocycles. The monoisotopic (exact) mass is 472 g/mol. The fourth-order valence-electron chi connectivity index (χ4n) is 3.45. The van der Waals surface area contributed by atoms with E-state index in [-0.39, 0.29) is 17.3 Å². The molecule has 10 heteroatoms. The van der Waals surface area contributed by atoms with Gasteiger partial charge in [-0.2, -0.15) is 0 Å². The van der Waals surface area contributed by atoms with E-state index in [2.05, 4.69) is 4.79 Å². The SMILES string of the molecule is CCCCOc1ccc(S(=O)(=O)C(=[N+]=[N-])S(=O)(=O)C2CCCCC2)c(OCCCC)c1. The Hall–Kier alpha value is -1.90. The molecule has 0 amide bonds. The van der Waals surface area contributed by atoms with Crippen molar-refractivity contribution < 1.29 is 31.1 Å². The minimum Gasteiger partial charge on any atom is -0.493 e. The first-order chi connectivity index (χ1) is 14.8. The van der Waals surface area contributed by atoms with Crippen LogP contribution in [0.5, 0.6) is 11.5 Å². The highest BCUT2D eigenvalue weighted by atomic mass is 32.3. The molecule has 0 heterocycles. The van der Waals surface area contributed by atoms with E-state index in [1.165, 1.54) is 18.2 Å². The fraction of sp³-hybridized carbons (Fsp3) is 0.667. The molecule has 0 saturated heterocycles. The summed E-state index contributed by atoms with van der Waals surface area (Å²) in [5.41, 5.74) is 9.46. The predicted octanol–water partition coefficient (Wildman–Crippen LogP) is 4.15. The molecular formula is C21H32N2O6S2. The standard InChI is InChI=1S/C21H32N2O6S2/c1-3-5-14-28-17-12-13-20(19(16-17)29-15-6-4-2)31(26,27)21(23-22)30(24,25)18-10-8-7-9-11-18/h12-13,16,18H,3-11,14-15H2,1-2H3. The topological polar surface area (TPSA) is 123 Å². The molecular weight excluding hydrogens is 440 g/mol. The molecule has 0 bridgehead atoms. The van der Waals surface area contributed by atoms with Crippen molar-refractivity contribution in [2.24, 2.45) is 0 Å². The van der Waals surface area contributed by atoms with Gasteiger partial charge in [0.2, 0.25) is 0 Å². The third kappa shape index (κ3) is 6.30. The van der Waals surface area contributed by atoms with E-state index in [9.17, 15) is 22.4 Å². The zero-order valence-electron chi connectivity index (χ0n) is 18.2. The van der Waals surface area contributed by atoms with E-state index in [4.69, 9.17) is 9.47 Å². The Balaban J connectivity index is 2.45. The van der Waals surface area contributed by atoms with E-state index < -0.39 is 29.3 Å². The quantitative estimate of drug-likeness (QED) is 0.166. The van der Waals surface area contributed by atoms with Gasteiger partial charge in [-0.3, -0.25) is 0 Å². The van der Waals surface area contributed by atoms with Crippen molar-refractivity contribution in [2.75, 3.05) is 13.2 Å². The molecule has 0 radical (unpaired) electrons. The van der Waals surface area contributed by atoms with E-state index in [0.717, 1.165) is 25.7 Å². The number of rotatable bonds is 10. The lowest BCUT2D eigenvalue weighted by Crippen LogP contribution is -2.35.